The van der Waals surface area contributed by atoms with Crippen LogP contribution in [0, 0.1) is 0 Å². The fraction of sp³-hybridized carbons (Fsp3) is 0.267. The van der Waals surface area contributed by atoms with Crippen LogP contribution >= 0.6 is 11.3 Å². The molecule has 0 aliphatic carbocycles. The Kier molecular flexibility index (Phi) is 3.36. The Morgan fingerprint density at radius 3 is 3.00 bits per heavy atom. The monoisotopic (exact) mass is 273 g/mol. The van der Waals surface area contributed by atoms with Crippen molar-refractivity contribution in [1.82, 2.24) is 5.32 Å². The van der Waals surface area contributed by atoms with E-state index < -0.39 is 6.10 Å². The number of fused-ring (bicyclic) bond motifs is 1. The number of amides is 1. The molecule has 0 radical (unpaired) electrons. The molecule has 0 fully saturated rings. The lowest BCUT2D eigenvalue weighted by Crippen LogP contribution is -2.22. The molecule has 98 valence electrons. The van der Waals surface area contributed by atoms with Gasteiger partial charge < -0.3 is 10.4 Å². The van der Waals surface area contributed by atoms with Gasteiger partial charge in [0.05, 0.1) is 0 Å². The smallest absolute Gasteiger partial charge is 0.251 e. The molecule has 1 aromatic heterocycles. The summed E-state index contributed by atoms with van der Waals surface area (Å²) in [4.78, 5) is 12.9. The van der Waals surface area contributed by atoms with Gasteiger partial charge in [0.1, 0.15) is 6.10 Å². The number of nitrogens with one attached hydrogen (secondary N) is 1. The van der Waals surface area contributed by atoms with Gasteiger partial charge >= 0.3 is 0 Å². The predicted octanol–water partition coefficient (Wildman–Crippen LogP) is 2.51. The summed E-state index contributed by atoms with van der Waals surface area (Å²) in [5.41, 5.74) is 2.54. The lowest BCUT2D eigenvalue weighted by Gasteiger charge is -2.12. The largest absolute Gasteiger partial charge is 0.383 e. The third kappa shape index (κ3) is 2.41. The molecule has 1 aliphatic rings. The van der Waals surface area contributed by atoms with Crippen LogP contribution in [0.15, 0.2) is 35.7 Å². The molecule has 0 bridgehead atoms. The van der Waals surface area contributed by atoms with Crippen LogP contribution in [0.5, 0.6) is 0 Å². The second-order valence-corrected chi connectivity index (χ2v) is 5.67. The number of rotatable bonds is 2. The molecule has 2 aromatic rings. The molecule has 2 N–H and O–H groups in total. The van der Waals surface area contributed by atoms with Gasteiger partial charge in [0.2, 0.25) is 0 Å². The van der Waals surface area contributed by atoms with Crippen LogP contribution in [0.25, 0.3) is 0 Å². The van der Waals surface area contributed by atoms with Gasteiger partial charge in [-0.05, 0) is 41.5 Å². The highest BCUT2D eigenvalue weighted by Crippen LogP contribution is 2.28. The second-order valence-electron chi connectivity index (χ2n) is 4.69. The summed E-state index contributed by atoms with van der Waals surface area (Å²) in [6, 6.07) is 9.52. The van der Waals surface area contributed by atoms with Gasteiger partial charge in [0.15, 0.2) is 0 Å². The van der Waals surface area contributed by atoms with Gasteiger partial charge in [-0.2, -0.15) is 0 Å². The van der Waals surface area contributed by atoms with Crippen molar-refractivity contribution in [3.8, 4) is 0 Å². The van der Waals surface area contributed by atoms with Crippen LogP contribution in [0.3, 0.4) is 0 Å². The predicted molar refractivity (Wildman–Crippen MR) is 75.5 cm³/mol. The zero-order valence-electron chi connectivity index (χ0n) is 10.4. The van der Waals surface area contributed by atoms with Crippen LogP contribution in [0.4, 0.5) is 0 Å². The Morgan fingerprint density at radius 2 is 2.21 bits per heavy atom. The highest BCUT2D eigenvalue weighted by molar-refractivity contribution is 7.10. The molecule has 2 heterocycles. The lowest BCUT2D eigenvalue weighted by atomic mass is 9.98. The Hall–Kier alpha value is -1.65. The molecule has 1 atom stereocenters. The normalized spacial score (nSPS) is 16.4. The van der Waals surface area contributed by atoms with Crippen LogP contribution in [-0.4, -0.2) is 17.6 Å². The van der Waals surface area contributed by atoms with Crippen molar-refractivity contribution < 1.29 is 9.90 Å². The number of aliphatic hydroxyl groups is 1. The first-order chi connectivity index (χ1) is 9.25. The fourth-order valence-electron chi connectivity index (χ4n) is 2.38. The summed E-state index contributed by atoms with van der Waals surface area (Å²) in [5, 5.41) is 15.1. The van der Waals surface area contributed by atoms with Gasteiger partial charge in [-0.25, -0.2) is 0 Å². The minimum atomic E-state index is -0.652. The molecule has 3 nitrogen and oxygen atoms in total. The van der Waals surface area contributed by atoms with Crippen LogP contribution in [-0.2, 0) is 6.42 Å². The highest BCUT2D eigenvalue weighted by Gasteiger charge is 2.18. The maximum atomic E-state index is 12.0. The van der Waals surface area contributed by atoms with Crippen molar-refractivity contribution in [1.29, 1.82) is 0 Å². The first-order valence-corrected chi connectivity index (χ1v) is 7.26. The first-order valence-electron chi connectivity index (χ1n) is 6.38. The highest BCUT2D eigenvalue weighted by atomic mass is 32.1. The molecule has 1 unspecified atom stereocenters. The summed E-state index contributed by atoms with van der Waals surface area (Å²) in [6.45, 7) is 0.719. The van der Waals surface area contributed by atoms with Gasteiger partial charge in [0, 0.05) is 17.0 Å². The Bertz CT molecular complexity index is 592. The number of thiophene rings is 1. The van der Waals surface area contributed by atoms with Gasteiger partial charge in [-0.3, -0.25) is 4.79 Å². The van der Waals surface area contributed by atoms with E-state index >= 15 is 0 Å². The molecule has 0 saturated heterocycles. The summed E-state index contributed by atoms with van der Waals surface area (Å²) < 4.78 is 0. The number of carbonyl (C=O) groups excluding carboxylic acids is 1. The Balaban J connectivity index is 1.98. The fourth-order valence-corrected chi connectivity index (χ4v) is 3.12. The molecule has 19 heavy (non-hydrogen) atoms. The quantitative estimate of drug-likeness (QED) is 0.883. The van der Waals surface area contributed by atoms with Crippen LogP contribution in [0.2, 0.25) is 0 Å². The molecule has 1 amide bonds. The number of hydrogen-bond donors (Lipinski definition) is 2. The number of benzene rings is 1. The topological polar surface area (TPSA) is 49.3 Å². The van der Waals surface area contributed by atoms with Crippen molar-refractivity contribution in [2.24, 2.45) is 0 Å². The van der Waals surface area contributed by atoms with E-state index in [1.165, 1.54) is 11.3 Å². The lowest BCUT2D eigenvalue weighted by molar-refractivity contribution is 0.0956. The second kappa shape index (κ2) is 5.15. The first kappa shape index (κ1) is 12.4. The zero-order chi connectivity index (χ0) is 13.2. The standard InChI is InChI=1S/C15H15NO2S/c17-14(13-4-2-8-19-13)11-6-5-10-3-1-7-16-15(18)12(10)9-11/h2,4-6,8-9,14,17H,1,3,7H2,(H,16,18). The van der Waals surface area contributed by atoms with E-state index in [0.29, 0.717) is 5.56 Å². The maximum absolute atomic E-state index is 12.0. The Morgan fingerprint density at radius 1 is 1.32 bits per heavy atom. The van der Waals surface area contributed by atoms with Crippen LogP contribution in [0.1, 0.15) is 38.9 Å². The van der Waals surface area contributed by atoms with Crippen molar-refractivity contribution in [2.75, 3.05) is 6.54 Å². The number of aliphatic hydroxyl groups excluding tert-OH is 1. The Labute approximate surface area is 115 Å². The number of hydrogen-bond acceptors (Lipinski definition) is 3. The van der Waals surface area contributed by atoms with Gasteiger partial charge in [0.25, 0.3) is 5.91 Å². The van der Waals surface area contributed by atoms with Gasteiger partial charge in [-0.15, -0.1) is 11.3 Å². The number of aryl methyl sites for hydroxylation is 1. The SMILES string of the molecule is O=C1NCCCc2ccc(C(O)c3cccs3)cc21. The third-order valence-corrected chi connectivity index (χ3v) is 4.34. The van der Waals surface area contributed by atoms with E-state index in [1.807, 2.05) is 35.7 Å². The van der Waals surface area contributed by atoms with Crippen molar-refractivity contribution in [3.05, 3.63) is 57.3 Å². The van der Waals surface area contributed by atoms with Gasteiger partial charge in [-0.1, -0.05) is 18.2 Å². The molecule has 3 rings (SSSR count). The maximum Gasteiger partial charge on any atom is 0.251 e. The molecular formula is C15H15NO2S. The van der Waals surface area contributed by atoms with Crippen molar-refractivity contribution in [3.63, 3.8) is 0 Å². The molecule has 0 saturated carbocycles. The average Bonchev–Trinajstić information content (AvgIpc) is 2.90. The van der Waals surface area contributed by atoms with E-state index in [4.69, 9.17) is 0 Å². The summed E-state index contributed by atoms with van der Waals surface area (Å²) in [5.74, 6) is -0.0345. The molecular weight excluding hydrogens is 258 g/mol. The molecule has 1 aromatic carbocycles. The molecule has 1 aliphatic heterocycles. The van der Waals surface area contributed by atoms with E-state index in [2.05, 4.69) is 5.32 Å². The average molecular weight is 273 g/mol. The summed E-state index contributed by atoms with van der Waals surface area (Å²) >= 11 is 1.52. The zero-order valence-corrected chi connectivity index (χ0v) is 11.2. The summed E-state index contributed by atoms with van der Waals surface area (Å²) in [7, 11) is 0. The van der Waals surface area contributed by atoms with E-state index in [9.17, 15) is 9.90 Å². The number of carbonyl (C=O) groups is 1. The van der Waals surface area contributed by atoms with Crippen molar-refractivity contribution >= 4 is 17.2 Å². The summed E-state index contributed by atoms with van der Waals surface area (Å²) in [6.07, 6.45) is 1.22. The van der Waals surface area contributed by atoms with E-state index in [0.717, 1.165) is 35.4 Å². The van der Waals surface area contributed by atoms with Crippen LogP contribution < -0.4 is 5.32 Å². The third-order valence-electron chi connectivity index (χ3n) is 3.42. The van der Waals surface area contributed by atoms with E-state index in [-0.39, 0.29) is 5.91 Å². The molecule has 0 spiro atoms. The van der Waals surface area contributed by atoms with Crippen molar-refractivity contribution in [2.45, 2.75) is 18.9 Å². The minimum Gasteiger partial charge on any atom is -0.383 e. The van der Waals surface area contributed by atoms with E-state index in [1.54, 1.807) is 0 Å². The minimum absolute atomic E-state index is 0.0345. The molecule has 4 heteroatoms.